The van der Waals surface area contributed by atoms with Crippen molar-refractivity contribution >= 4 is 26.8 Å². The van der Waals surface area contributed by atoms with Gasteiger partial charge >= 0.3 is 0 Å². The zero-order valence-electron chi connectivity index (χ0n) is 12.2. The number of halogens is 1. The second kappa shape index (κ2) is 6.66. The van der Waals surface area contributed by atoms with Gasteiger partial charge in [0.15, 0.2) is 0 Å². The van der Waals surface area contributed by atoms with E-state index < -0.39 is 0 Å². The van der Waals surface area contributed by atoms with E-state index in [1.165, 1.54) is 5.56 Å². The Kier molecular flexibility index (Phi) is 5.13. The average molecular weight is 337 g/mol. The van der Waals surface area contributed by atoms with Crippen molar-refractivity contribution in [1.82, 2.24) is 10.3 Å². The van der Waals surface area contributed by atoms with Gasteiger partial charge in [-0.3, -0.25) is 4.98 Å². The first kappa shape index (κ1) is 15.4. The highest BCUT2D eigenvalue weighted by Gasteiger charge is 2.16. The number of aromatic nitrogens is 1. The Balaban J connectivity index is 2.09. The minimum atomic E-state index is -0.145. The van der Waals surface area contributed by atoms with Gasteiger partial charge in [0.1, 0.15) is 0 Å². The predicted molar refractivity (Wildman–Crippen MR) is 86.9 cm³/mol. The smallest absolute Gasteiger partial charge is 0.0758 e. The van der Waals surface area contributed by atoms with Crippen LogP contribution in [0.1, 0.15) is 26.3 Å². The molecule has 3 nitrogen and oxygen atoms in total. The molecule has 0 unspecified atom stereocenters. The van der Waals surface area contributed by atoms with E-state index in [1.807, 2.05) is 19.2 Å². The lowest BCUT2D eigenvalue weighted by atomic mass is 10.1. The van der Waals surface area contributed by atoms with E-state index in [2.05, 4.69) is 58.3 Å². The van der Waals surface area contributed by atoms with E-state index in [4.69, 9.17) is 4.74 Å². The summed E-state index contributed by atoms with van der Waals surface area (Å²) in [6.45, 7) is 8.55. The fraction of sp³-hybridized carbons (Fsp3) is 0.438. The van der Waals surface area contributed by atoms with Crippen LogP contribution in [-0.4, -0.2) is 23.7 Å². The highest BCUT2D eigenvalue weighted by atomic mass is 79.9. The first-order valence-corrected chi connectivity index (χ1v) is 7.69. The fourth-order valence-corrected chi connectivity index (χ4v) is 2.73. The molecule has 1 N–H and O–H groups in total. The van der Waals surface area contributed by atoms with E-state index in [0.717, 1.165) is 35.1 Å². The van der Waals surface area contributed by atoms with Crippen LogP contribution in [0.3, 0.4) is 0 Å². The molecule has 0 spiro atoms. The molecule has 0 radical (unpaired) electrons. The SMILES string of the molecule is CCOC(C)(C)CNCc1ccc(Br)c2cccnc12. The highest BCUT2D eigenvalue weighted by Crippen LogP contribution is 2.25. The summed E-state index contributed by atoms with van der Waals surface area (Å²) in [5.74, 6) is 0. The molecule has 1 heterocycles. The zero-order valence-corrected chi connectivity index (χ0v) is 13.8. The third-order valence-corrected chi connectivity index (χ3v) is 3.89. The number of pyridine rings is 1. The monoisotopic (exact) mass is 336 g/mol. The van der Waals surface area contributed by atoms with Crippen LogP contribution in [0.2, 0.25) is 0 Å². The lowest BCUT2D eigenvalue weighted by Crippen LogP contribution is -2.37. The Morgan fingerprint density at radius 1 is 1.30 bits per heavy atom. The van der Waals surface area contributed by atoms with Crippen LogP contribution in [0, 0.1) is 0 Å². The van der Waals surface area contributed by atoms with Crippen molar-refractivity contribution in [3.05, 3.63) is 40.5 Å². The van der Waals surface area contributed by atoms with Gasteiger partial charge in [-0.1, -0.05) is 28.1 Å². The molecule has 0 aliphatic heterocycles. The number of fused-ring (bicyclic) bond motifs is 1. The lowest BCUT2D eigenvalue weighted by Gasteiger charge is -2.25. The van der Waals surface area contributed by atoms with Crippen LogP contribution in [0.15, 0.2) is 34.9 Å². The summed E-state index contributed by atoms with van der Waals surface area (Å²) in [5, 5.41) is 4.61. The van der Waals surface area contributed by atoms with Crippen LogP contribution in [0.5, 0.6) is 0 Å². The number of nitrogens with zero attached hydrogens (tertiary/aromatic N) is 1. The highest BCUT2D eigenvalue weighted by molar-refractivity contribution is 9.10. The number of hydrogen-bond acceptors (Lipinski definition) is 3. The van der Waals surface area contributed by atoms with Crippen molar-refractivity contribution in [2.24, 2.45) is 0 Å². The van der Waals surface area contributed by atoms with Crippen LogP contribution in [-0.2, 0) is 11.3 Å². The lowest BCUT2D eigenvalue weighted by molar-refractivity contribution is -0.00896. The maximum Gasteiger partial charge on any atom is 0.0758 e. The standard InChI is InChI=1S/C16H21BrN2O/c1-4-20-16(2,3)11-18-10-12-7-8-14(17)13-6-5-9-19-15(12)13/h5-9,18H,4,10-11H2,1-3H3. The number of nitrogens with one attached hydrogen (secondary N) is 1. The fourth-order valence-electron chi connectivity index (χ4n) is 2.28. The van der Waals surface area contributed by atoms with Gasteiger partial charge in [-0.25, -0.2) is 0 Å². The summed E-state index contributed by atoms with van der Waals surface area (Å²) in [6.07, 6.45) is 1.84. The van der Waals surface area contributed by atoms with Gasteiger partial charge < -0.3 is 10.1 Å². The maximum atomic E-state index is 5.69. The van der Waals surface area contributed by atoms with E-state index >= 15 is 0 Å². The minimum absolute atomic E-state index is 0.145. The number of ether oxygens (including phenoxy) is 1. The predicted octanol–water partition coefficient (Wildman–Crippen LogP) is 3.90. The quantitative estimate of drug-likeness (QED) is 0.868. The molecule has 1 aromatic heterocycles. The molecule has 4 heteroatoms. The van der Waals surface area contributed by atoms with Gasteiger partial charge in [-0.15, -0.1) is 0 Å². The van der Waals surface area contributed by atoms with Crippen LogP contribution < -0.4 is 5.32 Å². The van der Waals surface area contributed by atoms with Crippen molar-refractivity contribution in [2.75, 3.05) is 13.2 Å². The summed E-state index contributed by atoms with van der Waals surface area (Å²) < 4.78 is 6.77. The summed E-state index contributed by atoms with van der Waals surface area (Å²) in [5.41, 5.74) is 2.10. The van der Waals surface area contributed by atoms with Crippen molar-refractivity contribution in [3.63, 3.8) is 0 Å². The van der Waals surface area contributed by atoms with Crippen molar-refractivity contribution in [2.45, 2.75) is 32.9 Å². The Hall–Kier alpha value is -0.970. The second-order valence-corrected chi connectivity index (χ2v) is 6.26. The molecule has 0 amide bonds. The second-order valence-electron chi connectivity index (χ2n) is 5.40. The average Bonchev–Trinajstić information content (AvgIpc) is 2.41. The first-order valence-electron chi connectivity index (χ1n) is 6.90. The van der Waals surface area contributed by atoms with Crippen molar-refractivity contribution < 1.29 is 4.74 Å². The van der Waals surface area contributed by atoms with Gasteiger partial charge in [0, 0.05) is 35.8 Å². The van der Waals surface area contributed by atoms with Crippen LogP contribution >= 0.6 is 15.9 Å². The molecule has 1 aromatic carbocycles. The molecule has 0 atom stereocenters. The van der Waals surface area contributed by atoms with Crippen LogP contribution in [0.25, 0.3) is 10.9 Å². The third kappa shape index (κ3) is 3.78. The number of benzene rings is 1. The maximum absolute atomic E-state index is 5.69. The number of hydrogen-bond donors (Lipinski definition) is 1. The van der Waals surface area contributed by atoms with Gasteiger partial charge in [-0.2, -0.15) is 0 Å². The summed E-state index contributed by atoms with van der Waals surface area (Å²) in [4.78, 5) is 4.49. The molecular weight excluding hydrogens is 316 g/mol. The Morgan fingerprint density at radius 3 is 2.85 bits per heavy atom. The van der Waals surface area contributed by atoms with E-state index in [-0.39, 0.29) is 5.60 Å². The molecule has 0 aliphatic carbocycles. The molecule has 2 aromatic rings. The molecule has 0 fully saturated rings. The Morgan fingerprint density at radius 2 is 2.10 bits per heavy atom. The molecule has 0 bridgehead atoms. The van der Waals surface area contributed by atoms with Gasteiger partial charge in [-0.05, 0) is 38.5 Å². The molecular formula is C16H21BrN2O. The molecule has 108 valence electrons. The molecule has 0 aliphatic rings. The molecule has 0 saturated heterocycles. The van der Waals surface area contributed by atoms with Crippen molar-refractivity contribution in [1.29, 1.82) is 0 Å². The van der Waals surface area contributed by atoms with Crippen molar-refractivity contribution in [3.8, 4) is 0 Å². The largest absolute Gasteiger partial charge is 0.375 e. The summed E-state index contributed by atoms with van der Waals surface area (Å²) >= 11 is 3.57. The van der Waals surface area contributed by atoms with E-state index in [9.17, 15) is 0 Å². The Labute approximate surface area is 128 Å². The van der Waals surface area contributed by atoms with Gasteiger partial charge in [0.05, 0.1) is 11.1 Å². The normalized spacial score (nSPS) is 12.0. The van der Waals surface area contributed by atoms with E-state index in [1.54, 1.807) is 0 Å². The minimum Gasteiger partial charge on any atom is -0.375 e. The Bertz CT molecular complexity index is 584. The molecule has 20 heavy (non-hydrogen) atoms. The molecule has 0 saturated carbocycles. The first-order chi connectivity index (χ1) is 9.53. The molecule has 2 rings (SSSR count). The zero-order chi connectivity index (χ0) is 14.6. The van der Waals surface area contributed by atoms with Gasteiger partial charge in [0.25, 0.3) is 0 Å². The number of rotatable bonds is 6. The summed E-state index contributed by atoms with van der Waals surface area (Å²) in [7, 11) is 0. The topological polar surface area (TPSA) is 34.1 Å². The summed E-state index contributed by atoms with van der Waals surface area (Å²) in [6, 6.07) is 8.23. The van der Waals surface area contributed by atoms with E-state index in [0.29, 0.717) is 0 Å². The third-order valence-electron chi connectivity index (χ3n) is 3.20. The van der Waals surface area contributed by atoms with Gasteiger partial charge in [0.2, 0.25) is 0 Å². The van der Waals surface area contributed by atoms with Crippen LogP contribution in [0.4, 0.5) is 0 Å².